The fraction of sp³-hybridized carbons (Fsp3) is 0.240. The molecule has 0 saturated carbocycles. The van der Waals surface area contributed by atoms with Crippen LogP contribution in [0.3, 0.4) is 0 Å². The molecule has 0 fully saturated rings. The molecule has 3 heterocycles. The number of carboxylic acid groups (broad SMARTS) is 1. The van der Waals surface area contributed by atoms with Crippen molar-refractivity contribution >= 4 is 34.1 Å². The molecule has 42 heavy (non-hydrogen) atoms. The van der Waals surface area contributed by atoms with E-state index in [9.17, 15) is 22.6 Å². The molecule has 0 aliphatic carbocycles. The Labute approximate surface area is 240 Å². The fourth-order valence-electron chi connectivity index (χ4n) is 3.68. The van der Waals surface area contributed by atoms with Crippen LogP contribution in [0, 0.1) is 6.92 Å². The van der Waals surface area contributed by atoms with Crippen molar-refractivity contribution in [3.8, 4) is 22.8 Å². The molecule has 0 radical (unpaired) electrons. The average Bonchev–Trinajstić information content (AvgIpc) is 3.53. The van der Waals surface area contributed by atoms with Crippen molar-refractivity contribution in [1.82, 2.24) is 9.88 Å². The summed E-state index contributed by atoms with van der Waals surface area (Å²) < 4.78 is 39.9. The Morgan fingerprint density at radius 1 is 1.12 bits per heavy atom. The molecular weight excluding hydrogens is 580 g/mol. The monoisotopic (exact) mass is 610 g/mol. The SMILES string of the molecule is Cc1cc(-c2cnc(-c3cc[n+](CCCS(=O)(=O)[O-])cc3)o2)ccc1NCCN1C(=O)C=CC1=O.O.O=CO.OOO. The van der Waals surface area contributed by atoms with Crippen LogP contribution in [0.1, 0.15) is 12.0 Å². The van der Waals surface area contributed by atoms with Crippen LogP contribution in [-0.4, -0.2) is 81.1 Å². The van der Waals surface area contributed by atoms with Gasteiger partial charge < -0.3 is 24.9 Å². The number of benzene rings is 1. The van der Waals surface area contributed by atoms with Gasteiger partial charge in [-0.3, -0.25) is 19.3 Å². The molecule has 3 aromatic rings. The molecule has 0 saturated heterocycles. The molecule has 1 aliphatic heterocycles. The van der Waals surface area contributed by atoms with Crippen molar-refractivity contribution in [2.45, 2.75) is 19.9 Å². The van der Waals surface area contributed by atoms with E-state index in [1.54, 1.807) is 23.2 Å². The van der Waals surface area contributed by atoms with E-state index in [1.807, 2.05) is 37.3 Å². The molecule has 4 rings (SSSR count). The minimum atomic E-state index is -4.21. The summed E-state index contributed by atoms with van der Waals surface area (Å²) in [5.74, 6) is 0.0586. The lowest BCUT2D eigenvalue weighted by Gasteiger charge is -2.16. The lowest BCUT2D eigenvalue weighted by molar-refractivity contribution is -0.696. The number of pyridine rings is 1. The van der Waals surface area contributed by atoms with Crippen molar-refractivity contribution in [3.63, 3.8) is 0 Å². The van der Waals surface area contributed by atoms with Gasteiger partial charge in [0.1, 0.15) is 6.54 Å². The summed E-state index contributed by atoms with van der Waals surface area (Å²) in [6.07, 6.45) is 7.99. The predicted octanol–water partition coefficient (Wildman–Crippen LogP) is 0.702. The van der Waals surface area contributed by atoms with Gasteiger partial charge in [0.25, 0.3) is 18.3 Å². The smallest absolute Gasteiger partial charge is 0.290 e. The number of oxazole rings is 1. The van der Waals surface area contributed by atoms with Gasteiger partial charge in [0.2, 0.25) is 5.89 Å². The van der Waals surface area contributed by atoms with Gasteiger partial charge in [-0.25, -0.2) is 28.5 Å². The summed E-state index contributed by atoms with van der Waals surface area (Å²) in [6, 6.07) is 9.39. The number of aromatic nitrogens is 2. The first-order valence-electron chi connectivity index (χ1n) is 11.8. The first kappa shape index (κ1) is 35.5. The number of rotatable bonds is 10. The van der Waals surface area contributed by atoms with Crippen molar-refractivity contribution in [1.29, 1.82) is 0 Å². The molecular formula is C25H30N4O12S. The molecule has 1 aliphatic rings. The maximum atomic E-state index is 11.6. The summed E-state index contributed by atoms with van der Waals surface area (Å²) in [6.45, 7) is 2.84. The molecule has 0 spiro atoms. The Kier molecular flexibility index (Phi) is 14.6. The standard InChI is InChI=1S/C24H24N4O6S.CH2O2.H2O3.H2O/c1-17-15-19(3-4-20(17)25-9-13-28-22(29)5-6-23(28)30)21-16-26-24(34-21)18-7-11-27(12-8-18)10-2-14-35(31,32)33;2-1-3;1-3-2;/h3-8,11-12,15-16H,2,9-10,13-14H2,1H3,(H,31,32,33);1H,(H,2,3);1-2H;1H2. The molecule has 6 N–H and O–H groups in total. The Bertz CT molecular complexity index is 1440. The quantitative estimate of drug-likeness (QED) is 0.0616. The number of amides is 2. The highest BCUT2D eigenvalue weighted by Gasteiger charge is 2.22. The highest BCUT2D eigenvalue weighted by atomic mass is 32.2. The molecule has 2 amide bonds. The van der Waals surface area contributed by atoms with Crippen LogP contribution < -0.4 is 9.88 Å². The zero-order valence-electron chi connectivity index (χ0n) is 22.2. The van der Waals surface area contributed by atoms with Crippen LogP contribution in [0.4, 0.5) is 5.69 Å². The molecule has 1 aromatic carbocycles. The van der Waals surface area contributed by atoms with Gasteiger partial charge in [0.15, 0.2) is 18.2 Å². The number of imide groups is 1. The Morgan fingerprint density at radius 2 is 1.71 bits per heavy atom. The Morgan fingerprint density at radius 3 is 2.26 bits per heavy atom. The average molecular weight is 611 g/mol. The number of carbonyl (C=O) groups excluding carboxylic acids is 2. The lowest BCUT2D eigenvalue weighted by Crippen LogP contribution is -2.34. The number of carbonyl (C=O) groups is 3. The second-order valence-electron chi connectivity index (χ2n) is 8.27. The number of hydrogen-bond donors (Lipinski definition) is 4. The molecule has 228 valence electrons. The lowest BCUT2D eigenvalue weighted by atomic mass is 10.1. The molecule has 2 aromatic heterocycles. The van der Waals surface area contributed by atoms with Crippen LogP contribution in [0.2, 0.25) is 0 Å². The van der Waals surface area contributed by atoms with Gasteiger partial charge in [0.05, 0.1) is 16.3 Å². The molecule has 16 nitrogen and oxygen atoms in total. The van der Waals surface area contributed by atoms with Gasteiger partial charge in [-0.2, -0.15) is 0 Å². The van der Waals surface area contributed by atoms with Gasteiger partial charge in [-0.1, -0.05) is 5.04 Å². The summed E-state index contributed by atoms with van der Waals surface area (Å²) in [5.41, 5.74) is 3.47. The van der Waals surface area contributed by atoms with Gasteiger partial charge in [0, 0.05) is 66.4 Å². The third kappa shape index (κ3) is 11.2. The van der Waals surface area contributed by atoms with E-state index < -0.39 is 15.9 Å². The van der Waals surface area contributed by atoms with E-state index >= 15 is 0 Å². The van der Waals surface area contributed by atoms with Crippen molar-refractivity contribution < 1.29 is 62.5 Å². The first-order valence-corrected chi connectivity index (χ1v) is 13.4. The number of anilines is 1. The van der Waals surface area contributed by atoms with Crippen LogP contribution in [0.5, 0.6) is 0 Å². The van der Waals surface area contributed by atoms with E-state index in [0.29, 0.717) is 24.7 Å². The third-order valence-corrected chi connectivity index (χ3v) is 6.31. The third-order valence-electron chi connectivity index (χ3n) is 5.52. The second kappa shape index (κ2) is 17.3. The predicted molar refractivity (Wildman–Crippen MR) is 144 cm³/mol. The Balaban J connectivity index is 0.00000116. The van der Waals surface area contributed by atoms with Crippen molar-refractivity contribution in [2.75, 3.05) is 24.2 Å². The van der Waals surface area contributed by atoms with Gasteiger partial charge in [-0.05, 0) is 30.7 Å². The summed E-state index contributed by atoms with van der Waals surface area (Å²) in [7, 11) is -4.21. The maximum Gasteiger partial charge on any atom is 0.290 e. The van der Waals surface area contributed by atoms with Crippen LogP contribution in [0.15, 0.2) is 65.5 Å². The topological polar surface area (TPSA) is 255 Å². The van der Waals surface area contributed by atoms with E-state index in [1.165, 1.54) is 17.1 Å². The van der Waals surface area contributed by atoms with E-state index in [0.717, 1.165) is 22.4 Å². The zero-order chi connectivity index (χ0) is 30.4. The minimum absolute atomic E-state index is 0. The van der Waals surface area contributed by atoms with Crippen LogP contribution in [0.25, 0.3) is 22.8 Å². The second-order valence-corrected chi connectivity index (χ2v) is 9.80. The fourth-order valence-corrected chi connectivity index (χ4v) is 4.17. The molecule has 17 heteroatoms. The summed E-state index contributed by atoms with van der Waals surface area (Å²) in [5, 5.41) is 25.6. The van der Waals surface area contributed by atoms with Crippen molar-refractivity contribution in [2.24, 2.45) is 0 Å². The minimum Gasteiger partial charge on any atom is -0.748 e. The maximum absolute atomic E-state index is 11.6. The highest BCUT2D eigenvalue weighted by Crippen LogP contribution is 2.28. The van der Waals surface area contributed by atoms with E-state index in [4.69, 9.17) is 24.8 Å². The number of nitrogens with zero attached hydrogens (tertiary/aromatic N) is 3. The van der Waals surface area contributed by atoms with E-state index in [-0.39, 0.29) is 36.7 Å². The van der Waals surface area contributed by atoms with Crippen LogP contribution in [-0.2, 0) is 36.1 Å². The molecule has 0 bridgehead atoms. The highest BCUT2D eigenvalue weighted by molar-refractivity contribution is 7.85. The molecule has 0 unspecified atom stereocenters. The largest absolute Gasteiger partial charge is 0.748 e. The molecule has 0 atom stereocenters. The first-order chi connectivity index (χ1) is 19.5. The number of nitrogens with one attached hydrogen (secondary N) is 1. The Hall–Kier alpha value is -4.52. The normalized spacial score (nSPS) is 12.0. The van der Waals surface area contributed by atoms with Gasteiger partial charge in [-0.15, -0.1) is 0 Å². The van der Waals surface area contributed by atoms with Crippen LogP contribution >= 0.6 is 0 Å². The van der Waals surface area contributed by atoms with Gasteiger partial charge >= 0.3 is 0 Å². The number of aryl methyl sites for hydroxylation is 2. The summed E-state index contributed by atoms with van der Waals surface area (Å²) >= 11 is 0. The van der Waals surface area contributed by atoms with Crippen molar-refractivity contribution in [3.05, 3.63) is 66.6 Å². The zero-order valence-corrected chi connectivity index (χ0v) is 23.1. The number of hydrogen-bond acceptors (Lipinski definition) is 12. The van der Waals surface area contributed by atoms with E-state index in [2.05, 4.69) is 15.3 Å². The summed E-state index contributed by atoms with van der Waals surface area (Å²) in [4.78, 5) is 37.2.